The van der Waals surface area contributed by atoms with Gasteiger partial charge >= 0.3 is 0 Å². The fourth-order valence-corrected chi connectivity index (χ4v) is 2.41. The van der Waals surface area contributed by atoms with Crippen molar-refractivity contribution in [2.24, 2.45) is 0 Å². The van der Waals surface area contributed by atoms with Crippen LogP contribution in [0, 0.1) is 5.21 Å². The molecule has 1 aromatic carbocycles. The Hall–Kier alpha value is -1.42. The van der Waals surface area contributed by atoms with Crippen molar-refractivity contribution < 1.29 is 4.85 Å². The number of aromatic nitrogens is 3. The van der Waals surface area contributed by atoms with E-state index in [-0.39, 0.29) is 5.28 Å². The number of hydrogen-bond acceptors (Lipinski definition) is 3. The number of aryl methyl sites for hydroxylation is 2. The van der Waals surface area contributed by atoms with E-state index < -0.39 is 0 Å². The molecule has 1 heterocycles. The summed E-state index contributed by atoms with van der Waals surface area (Å²) in [7, 11) is 0. The highest BCUT2D eigenvalue weighted by molar-refractivity contribution is 6.28. The Bertz CT molecular complexity index is 571. The fourth-order valence-electron chi connectivity index (χ4n) is 2.25. The molecular weight excluding hydrogens is 226 g/mol. The third kappa shape index (κ3) is 1.50. The van der Waals surface area contributed by atoms with E-state index in [4.69, 9.17) is 11.6 Å². The van der Waals surface area contributed by atoms with Gasteiger partial charge in [0.2, 0.25) is 0 Å². The zero-order chi connectivity index (χ0) is 11.1. The minimum atomic E-state index is -0.00161. The van der Waals surface area contributed by atoms with Crippen molar-refractivity contribution in [1.29, 1.82) is 0 Å². The molecule has 0 radical (unpaired) electrons. The Balaban J connectivity index is 2.31. The lowest BCUT2D eigenvalue weighted by atomic mass is 9.91. The molecule has 5 heteroatoms. The van der Waals surface area contributed by atoms with Gasteiger partial charge in [-0.15, -0.1) is 0 Å². The standard InChI is InChI=1S/C11H10ClN3O/c12-11-13-9-5-7-3-1-2-4-8(7)6-10(9)15(16)14-11/h5-6H,1-4H2. The van der Waals surface area contributed by atoms with Gasteiger partial charge in [-0.05, 0) is 59.3 Å². The number of halogens is 1. The van der Waals surface area contributed by atoms with E-state index >= 15 is 0 Å². The second-order valence-electron chi connectivity index (χ2n) is 4.07. The summed E-state index contributed by atoms with van der Waals surface area (Å²) >= 11 is 5.66. The van der Waals surface area contributed by atoms with Crippen molar-refractivity contribution in [3.63, 3.8) is 0 Å². The van der Waals surface area contributed by atoms with E-state index in [1.54, 1.807) is 0 Å². The summed E-state index contributed by atoms with van der Waals surface area (Å²) < 4.78 is 0. The topological polar surface area (TPSA) is 52.7 Å². The summed E-state index contributed by atoms with van der Waals surface area (Å²) in [5.74, 6) is 0. The molecule has 1 aliphatic rings. The summed E-state index contributed by atoms with van der Waals surface area (Å²) in [5, 5.41) is 15.1. The van der Waals surface area contributed by atoms with Gasteiger partial charge in [0.1, 0.15) is 5.52 Å². The summed E-state index contributed by atoms with van der Waals surface area (Å²) in [6.07, 6.45) is 4.49. The summed E-state index contributed by atoms with van der Waals surface area (Å²) in [6.45, 7) is 0. The molecule has 2 aromatic rings. The maximum Gasteiger partial charge on any atom is 0.290 e. The maximum atomic E-state index is 11.6. The van der Waals surface area contributed by atoms with Crippen molar-refractivity contribution in [2.45, 2.75) is 25.7 Å². The monoisotopic (exact) mass is 235 g/mol. The van der Waals surface area contributed by atoms with E-state index in [0.717, 1.165) is 12.8 Å². The summed E-state index contributed by atoms with van der Waals surface area (Å²) in [6, 6.07) is 3.86. The third-order valence-electron chi connectivity index (χ3n) is 3.03. The van der Waals surface area contributed by atoms with Crippen LogP contribution in [0.2, 0.25) is 5.28 Å². The predicted molar refractivity (Wildman–Crippen MR) is 60.2 cm³/mol. The highest BCUT2D eigenvalue weighted by atomic mass is 35.5. The molecule has 3 rings (SSSR count). The highest BCUT2D eigenvalue weighted by Gasteiger charge is 2.16. The van der Waals surface area contributed by atoms with Gasteiger partial charge in [0.05, 0.1) is 0 Å². The molecule has 0 bridgehead atoms. The van der Waals surface area contributed by atoms with Gasteiger partial charge in [0.15, 0.2) is 0 Å². The molecule has 0 fully saturated rings. The SMILES string of the molecule is [O-][n+]1nc(Cl)nc2cc3c(cc21)CCCC3. The van der Waals surface area contributed by atoms with Crippen molar-refractivity contribution in [3.8, 4) is 0 Å². The minimum Gasteiger partial charge on any atom is -0.594 e. The van der Waals surface area contributed by atoms with Crippen LogP contribution in [0.1, 0.15) is 24.0 Å². The van der Waals surface area contributed by atoms with Crippen molar-refractivity contribution in [2.75, 3.05) is 0 Å². The van der Waals surface area contributed by atoms with Gasteiger partial charge in [0.25, 0.3) is 10.8 Å². The normalized spacial score (nSPS) is 15.1. The van der Waals surface area contributed by atoms with Crippen LogP contribution in [0.3, 0.4) is 0 Å². The lowest BCUT2D eigenvalue weighted by Gasteiger charge is -2.15. The largest absolute Gasteiger partial charge is 0.594 e. The predicted octanol–water partition coefficient (Wildman–Crippen LogP) is 1.80. The first-order chi connectivity index (χ1) is 7.74. The van der Waals surface area contributed by atoms with Crippen LogP contribution in [-0.4, -0.2) is 10.1 Å². The molecule has 0 aliphatic heterocycles. The molecule has 16 heavy (non-hydrogen) atoms. The Kier molecular flexibility index (Phi) is 2.17. The van der Waals surface area contributed by atoms with Gasteiger partial charge in [-0.25, -0.2) is 4.98 Å². The van der Waals surface area contributed by atoms with Crippen LogP contribution < -0.4 is 4.85 Å². The van der Waals surface area contributed by atoms with Crippen molar-refractivity contribution >= 4 is 22.6 Å². The van der Waals surface area contributed by atoms with Crippen LogP contribution >= 0.6 is 11.6 Å². The minimum absolute atomic E-state index is 0.00161. The highest BCUT2D eigenvalue weighted by Crippen LogP contribution is 2.24. The molecule has 0 spiro atoms. The van der Waals surface area contributed by atoms with Crippen LogP contribution in [0.15, 0.2) is 12.1 Å². The molecule has 0 atom stereocenters. The molecule has 0 saturated carbocycles. The summed E-state index contributed by atoms with van der Waals surface area (Å²) in [4.78, 5) is 4.63. The van der Waals surface area contributed by atoms with E-state index in [9.17, 15) is 5.21 Å². The van der Waals surface area contributed by atoms with Crippen LogP contribution in [-0.2, 0) is 12.8 Å². The van der Waals surface area contributed by atoms with Crippen LogP contribution in [0.4, 0.5) is 0 Å². The number of rotatable bonds is 0. The number of hydrogen-bond donors (Lipinski definition) is 0. The molecule has 0 amide bonds. The Morgan fingerprint density at radius 1 is 1.19 bits per heavy atom. The van der Waals surface area contributed by atoms with E-state index in [1.807, 2.05) is 12.1 Å². The zero-order valence-corrected chi connectivity index (χ0v) is 9.37. The molecule has 82 valence electrons. The average molecular weight is 236 g/mol. The molecule has 1 aromatic heterocycles. The van der Waals surface area contributed by atoms with E-state index in [0.29, 0.717) is 15.9 Å². The Morgan fingerprint density at radius 3 is 2.62 bits per heavy atom. The van der Waals surface area contributed by atoms with Crippen LogP contribution in [0.25, 0.3) is 11.0 Å². The number of nitrogens with zero attached hydrogens (tertiary/aromatic N) is 3. The van der Waals surface area contributed by atoms with Crippen LogP contribution in [0.5, 0.6) is 0 Å². The third-order valence-corrected chi connectivity index (χ3v) is 3.19. The Morgan fingerprint density at radius 2 is 1.88 bits per heavy atom. The van der Waals surface area contributed by atoms with Gasteiger partial charge in [-0.3, -0.25) is 0 Å². The van der Waals surface area contributed by atoms with Crippen molar-refractivity contribution in [1.82, 2.24) is 10.1 Å². The smallest absolute Gasteiger partial charge is 0.290 e. The maximum absolute atomic E-state index is 11.6. The Labute approximate surface area is 97.5 Å². The first-order valence-electron chi connectivity index (χ1n) is 5.33. The second kappa shape index (κ2) is 3.56. The molecule has 0 unspecified atom stereocenters. The zero-order valence-electron chi connectivity index (χ0n) is 8.61. The van der Waals surface area contributed by atoms with E-state index in [1.165, 1.54) is 24.0 Å². The molecule has 1 aliphatic carbocycles. The van der Waals surface area contributed by atoms with Gasteiger partial charge in [-0.1, -0.05) is 0 Å². The quantitative estimate of drug-likeness (QED) is 0.517. The van der Waals surface area contributed by atoms with Gasteiger partial charge < -0.3 is 5.21 Å². The average Bonchev–Trinajstić information content (AvgIpc) is 2.27. The van der Waals surface area contributed by atoms with Gasteiger partial charge in [-0.2, -0.15) is 0 Å². The molecule has 0 N–H and O–H groups in total. The van der Waals surface area contributed by atoms with E-state index in [2.05, 4.69) is 10.1 Å². The molecular formula is C11H10ClN3O. The summed E-state index contributed by atoms with van der Waals surface area (Å²) in [5.41, 5.74) is 3.67. The molecule has 0 saturated heterocycles. The molecule has 4 nitrogen and oxygen atoms in total. The number of benzene rings is 1. The first-order valence-corrected chi connectivity index (χ1v) is 5.71. The fraction of sp³-hybridized carbons (Fsp3) is 0.364. The van der Waals surface area contributed by atoms with Gasteiger partial charge in [0, 0.05) is 11.2 Å². The first kappa shape index (κ1) is 9.78. The van der Waals surface area contributed by atoms with Crippen molar-refractivity contribution in [3.05, 3.63) is 33.8 Å². The lowest BCUT2D eigenvalue weighted by molar-refractivity contribution is -0.643. The second-order valence-corrected chi connectivity index (χ2v) is 4.41. The number of fused-ring (bicyclic) bond motifs is 2. The lowest BCUT2D eigenvalue weighted by Crippen LogP contribution is -2.32.